The highest BCUT2D eigenvalue weighted by Gasteiger charge is 2.27. The highest BCUT2D eigenvalue weighted by molar-refractivity contribution is 5.46. The number of hydrogen-bond acceptors (Lipinski definition) is 3. The number of nitrogens with zero attached hydrogens (tertiary/aromatic N) is 2. The molecule has 2 atom stereocenters. The molecule has 3 rings (SSSR count). The molecular formula is C18H29N3. The number of hydrogen-bond donors (Lipinski definition) is 1. The summed E-state index contributed by atoms with van der Waals surface area (Å²) in [5.41, 5.74) is 7.34. The summed E-state index contributed by atoms with van der Waals surface area (Å²) < 4.78 is 0. The molecule has 1 aliphatic heterocycles. The molecule has 116 valence electrons. The highest BCUT2D eigenvalue weighted by atomic mass is 15.3. The Labute approximate surface area is 129 Å². The van der Waals surface area contributed by atoms with Crippen LogP contribution in [0.15, 0.2) is 30.3 Å². The minimum absolute atomic E-state index is 0.769. The molecule has 0 radical (unpaired) electrons. The Hall–Kier alpha value is -1.06. The zero-order valence-electron chi connectivity index (χ0n) is 13.1. The van der Waals surface area contributed by atoms with Gasteiger partial charge in [0.2, 0.25) is 0 Å². The Kier molecular flexibility index (Phi) is 5.15. The zero-order valence-corrected chi connectivity index (χ0v) is 13.1. The lowest BCUT2D eigenvalue weighted by atomic mass is 9.79. The fourth-order valence-corrected chi connectivity index (χ4v) is 3.99. The van der Waals surface area contributed by atoms with Crippen LogP contribution in [0.2, 0.25) is 0 Å². The maximum atomic E-state index is 5.97. The van der Waals surface area contributed by atoms with E-state index in [-0.39, 0.29) is 0 Å². The number of rotatable bonds is 4. The first kappa shape index (κ1) is 14.9. The summed E-state index contributed by atoms with van der Waals surface area (Å²) in [5.74, 6) is 1.61. The molecule has 2 fully saturated rings. The fraction of sp³-hybridized carbons (Fsp3) is 0.667. The van der Waals surface area contributed by atoms with Gasteiger partial charge >= 0.3 is 0 Å². The molecule has 1 heterocycles. The lowest BCUT2D eigenvalue weighted by Crippen LogP contribution is -2.49. The van der Waals surface area contributed by atoms with E-state index in [4.69, 9.17) is 5.73 Å². The van der Waals surface area contributed by atoms with Crippen LogP contribution in [0.25, 0.3) is 0 Å². The average Bonchev–Trinajstić information content (AvgIpc) is 2.57. The summed E-state index contributed by atoms with van der Waals surface area (Å²) in [6.07, 6.45) is 5.54. The molecule has 2 aliphatic rings. The lowest BCUT2D eigenvalue weighted by Gasteiger charge is -2.40. The third-order valence-electron chi connectivity index (χ3n) is 5.36. The number of para-hydroxylation sites is 1. The molecule has 1 saturated carbocycles. The van der Waals surface area contributed by atoms with Gasteiger partial charge in [0.15, 0.2) is 0 Å². The van der Waals surface area contributed by atoms with Gasteiger partial charge in [0, 0.05) is 38.4 Å². The van der Waals surface area contributed by atoms with Gasteiger partial charge in [-0.05, 0) is 43.4 Å². The maximum absolute atomic E-state index is 5.97. The lowest BCUT2D eigenvalue weighted by molar-refractivity contribution is 0.149. The second-order valence-electron chi connectivity index (χ2n) is 6.66. The number of nitrogens with two attached hydrogens (primary N) is 1. The van der Waals surface area contributed by atoms with Crippen LogP contribution in [-0.4, -0.2) is 44.2 Å². The minimum atomic E-state index is 0.769. The summed E-state index contributed by atoms with van der Waals surface area (Å²) in [6, 6.07) is 10.8. The first-order valence-electron chi connectivity index (χ1n) is 8.59. The fourth-order valence-electron chi connectivity index (χ4n) is 3.99. The van der Waals surface area contributed by atoms with Crippen molar-refractivity contribution in [3.8, 4) is 0 Å². The second kappa shape index (κ2) is 7.28. The molecule has 0 bridgehead atoms. The number of piperazine rings is 1. The summed E-state index contributed by atoms with van der Waals surface area (Å²) in [4.78, 5) is 5.18. The van der Waals surface area contributed by atoms with Crippen LogP contribution >= 0.6 is 0 Å². The zero-order chi connectivity index (χ0) is 14.5. The van der Waals surface area contributed by atoms with Gasteiger partial charge in [-0.15, -0.1) is 0 Å². The van der Waals surface area contributed by atoms with Crippen molar-refractivity contribution in [2.24, 2.45) is 17.6 Å². The largest absolute Gasteiger partial charge is 0.369 e. The molecule has 3 nitrogen and oxygen atoms in total. The summed E-state index contributed by atoms with van der Waals surface area (Å²) in [7, 11) is 0. The van der Waals surface area contributed by atoms with Crippen molar-refractivity contribution in [1.29, 1.82) is 0 Å². The molecule has 0 aromatic heterocycles. The predicted molar refractivity (Wildman–Crippen MR) is 89.6 cm³/mol. The third kappa shape index (κ3) is 3.78. The molecule has 1 aromatic rings. The second-order valence-corrected chi connectivity index (χ2v) is 6.66. The molecule has 0 spiro atoms. The van der Waals surface area contributed by atoms with Gasteiger partial charge in [-0.2, -0.15) is 0 Å². The standard InChI is InChI=1S/C18H29N3/c19-14-16-6-4-5-7-17(16)15-20-10-12-21(13-11-20)18-8-2-1-3-9-18/h1-3,8-9,16-17H,4-7,10-15,19H2. The van der Waals surface area contributed by atoms with E-state index < -0.39 is 0 Å². The number of benzene rings is 1. The molecule has 3 heteroatoms. The van der Waals surface area contributed by atoms with Crippen LogP contribution in [0.5, 0.6) is 0 Å². The summed E-state index contributed by atoms with van der Waals surface area (Å²) >= 11 is 0. The van der Waals surface area contributed by atoms with Gasteiger partial charge in [-0.3, -0.25) is 4.90 Å². The van der Waals surface area contributed by atoms with E-state index in [1.54, 1.807) is 0 Å². The van der Waals surface area contributed by atoms with Crippen LogP contribution in [0.3, 0.4) is 0 Å². The van der Waals surface area contributed by atoms with Crippen molar-refractivity contribution in [1.82, 2.24) is 4.90 Å². The maximum Gasteiger partial charge on any atom is 0.0367 e. The monoisotopic (exact) mass is 287 g/mol. The molecule has 21 heavy (non-hydrogen) atoms. The van der Waals surface area contributed by atoms with E-state index in [1.807, 2.05) is 0 Å². The number of anilines is 1. The van der Waals surface area contributed by atoms with Gasteiger partial charge < -0.3 is 10.6 Å². The Balaban J connectivity index is 1.49. The molecule has 2 unspecified atom stereocenters. The molecule has 1 saturated heterocycles. The van der Waals surface area contributed by atoms with E-state index >= 15 is 0 Å². The quantitative estimate of drug-likeness (QED) is 0.924. The first-order valence-corrected chi connectivity index (χ1v) is 8.59. The first-order chi connectivity index (χ1) is 10.4. The van der Waals surface area contributed by atoms with Crippen molar-refractivity contribution >= 4 is 5.69 Å². The van der Waals surface area contributed by atoms with Crippen molar-refractivity contribution in [3.05, 3.63) is 30.3 Å². The van der Waals surface area contributed by atoms with Gasteiger partial charge in [-0.25, -0.2) is 0 Å². The van der Waals surface area contributed by atoms with Crippen LogP contribution < -0.4 is 10.6 Å². The van der Waals surface area contributed by atoms with E-state index in [9.17, 15) is 0 Å². The Morgan fingerprint density at radius 2 is 1.57 bits per heavy atom. The Bertz CT molecular complexity index is 412. The SMILES string of the molecule is NCC1CCCCC1CN1CCN(c2ccccc2)CC1. The predicted octanol–water partition coefficient (Wildman–Crippen LogP) is 2.57. The molecule has 1 aliphatic carbocycles. The van der Waals surface area contributed by atoms with Crippen molar-refractivity contribution in [3.63, 3.8) is 0 Å². The third-order valence-corrected chi connectivity index (χ3v) is 5.36. The minimum Gasteiger partial charge on any atom is -0.369 e. The van der Waals surface area contributed by atoms with Crippen LogP contribution in [0.4, 0.5) is 5.69 Å². The smallest absolute Gasteiger partial charge is 0.0367 e. The van der Waals surface area contributed by atoms with Crippen LogP contribution in [-0.2, 0) is 0 Å². The van der Waals surface area contributed by atoms with E-state index in [2.05, 4.69) is 40.1 Å². The normalized spacial score (nSPS) is 27.8. The molecule has 0 amide bonds. The highest BCUT2D eigenvalue weighted by Crippen LogP contribution is 2.30. The van der Waals surface area contributed by atoms with E-state index in [0.29, 0.717) is 0 Å². The Morgan fingerprint density at radius 1 is 0.905 bits per heavy atom. The van der Waals surface area contributed by atoms with Crippen molar-refractivity contribution in [2.45, 2.75) is 25.7 Å². The van der Waals surface area contributed by atoms with Gasteiger partial charge in [-0.1, -0.05) is 31.0 Å². The molecular weight excluding hydrogens is 258 g/mol. The van der Waals surface area contributed by atoms with E-state index in [1.165, 1.54) is 51.0 Å². The Morgan fingerprint density at radius 3 is 2.24 bits per heavy atom. The topological polar surface area (TPSA) is 32.5 Å². The summed E-state index contributed by atoms with van der Waals surface area (Å²) in [6.45, 7) is 6.86. The van der Waals surface area contributed by atoms with Gasteiger partial charge in [0.05, 0.1) is 0 Å². The molecule has 2 N–H and O–H groups in total. The molecule has 1 aromatic carbocycles. The summed E-state index contributed by atoms with van der Waals surface area (Å²) in [5, 5.41) is 0. The van der Waals surface area contributed by atoms with E-state index in [0.717, 1.165) is 31.5 Å². The van der Waals surface area contributed by atoms with Crippen molar-refractivity contribution in [2.75, 3.05) is 44.2 Å². The van der Waals surface area contributed by atoms with Gasteiger partial charge in [0.25, 0.3) is 0 Å². The van der Waals surface area contributed by atoms with Crippen molar-refractivity contribution < 1.29 is 0 Å². The average molecular weight is 287 g/mol. The van der Waals surface area contributed by atoms with Gasteiger partial charge in [0.1, 0.15) is 0 Å². The van der Waals surface area contributed by atoms with Crippen LogP contribution in [0.1, 0.15) is 25.7 Å². The van der Waals surface area contributed by atoms with Crippen LogP contribution in [0, 0.1) is 11.8 Å².